The maximum atomic E-state index is 5.73. The Kier molecular flexibility index (Phi) is 4.14. The molecule has 0 aromatic carbocycles. The van der Waals surface area contributed by atoms with Crippen LogP contribution in [0.3, 0.4) is 0 Å². The van der Waals surface area contributed by atoms with Gasteiger partial charge in [0.05, 0.1) is 18.8 Å². The molecule has 2 atom stereocenters. The Morgan fingerprint density at radius 1 is 1.33 bits per heavy atom. The van der Waals surface area contributed by atoms with Gasteiger partial charge in [-0.1, -0.05) is 0 Å². The second kappa shape index (κ2) is 5.63. The summed E-state index contributed by atoms with van der Waals surface area (Å²) < 4.78 is 5.73. The van der Waals surface area contributed by atoms with Crippen LogP contribution < -0.4 is 5.32 Å². The smallest absolute Gasteiger partial charge is 0.144 e. The van der Waals surface area contributed by atoms with E-state index in [0.717, 1.165) is 37.0 Å². The van der Waals surface area contributed by atoms with Crippen molar-refractivity contribution in [3.63, 3.8) is 0 Å². The summed E-state index contributed by atoms with van der Waals surface area (Å²) in [5, 5.41) is 3.07. The Bertz CT molecular complexity index is 400. The molecule has 0 spiro atoms. The zero-order valence-electron chi connectivity index (χ0n) is 11.6. The van der Waals surface area contributed by atoms with Gasteiger partial charge in [0.15, 0.2) is 0 Å². The number of hydrogen-bond acceptors (Lipinski definition) is 5. The maximum Gasteiger partial charge on any atom is 0.144 e. The highest BCUT2D eigenvalue weighted by Gasteiger charge is 2.22. The van der Waals surface area contributed by atoms with Gasteiger partial charge < -0.3 is 10.1 Å². The Morgan fingerprint density at radius 3 is 2.61 bits per heavy atom. The van der Waals surface area contributed by atoms with Crippen LogP contribution in [0, 0.1) is 6.92 Å². The van der Waals surface area contributed by atoms with Gasteiger partial charge in [-0.3, -0.25) is 4.90 Å². The van der Waals surface area contributed by atoms with Crippen molar-refractivity contribution >= 4 is 5.82 Å². The summed E-state index contributed by atoms with van der Waals surface area (Å²) in [5.41, 5.74) is 0.999. The zero-order valence-corrected chi connectivity index (χ0v) is 11.6. The standard InChI is InChI=1S/C13H22N4O/c1-9-5-12(14-4)16-13(15-9)8-17-6-10(2)18-11(3)7-17/h5,10-11H,6-8H2,1-4H3,(H,14,15,16). The summed E-state index contributed by atoms with van der Waals surface area (Å²) in [6.45, 7) is 8.88. The number of rotatable bonds is 3. The minimum Gasteiger partial charge on any atom is -0.373 e. The molecule has 0 bridgehead atoms. The summed E-state index contributed by atoms with van der Waals surface area (Å²) in [7, 11) is 1.88. The summed E-state index contributed by atoms with van der Waals surface area (Å²) in [5.74, 6) is 1.76. The minimum atomic E-state index is 0.280. The van der Waals surface area contributed by atoms with E-state index in [0.29, 0.717) is 0 Å². The zero-order chi connectivity index (χ0) is 13.1. The third kappa shape index (κ3) is 3.40. The first-order chi connectivity index (χ1) is 8.56. The number of aryl methyl sites for hydroxylation is 1. The lowest BCUT2D eigenvalue weighted by molar-refractivity contribution is -0.0710. The fourth-order valence-corrected chi connectivity index (χ4v) is 2.44. The average Bonchev–Trinajstić information content (AvgIpc) is 2.26. The van der Waals surface area contributed by atoms with Crippen molar-refractivity contribution in [3.8, 4) is 0 Å². The molecule has 0 saturated carbocycles. The van der Waals surface area contributed by atoms with E-state index in [1.54, 1.807) is 0 Å². The van der Waals surface area contributed by atoms with Gasteiger partial charge in [-0.25, -0.2) is 9.97 Å². The molecule has 5 heteroatoms. The number of aromatic nitrogens is 2. The summed E-state index contributed by atoms with van der Waals surface area (Å²) in [6.07, 6.45) is 0.560. The molecule has 0 aliphatic carbocycles. The molecule has 0 radical (unpaired) electrons. The second-order valence-electron chi connectivity index (χ2n) is 5.01. The van der Waals surface area contributed by atoms with Crippen LogP contribution in [0.25, 0.3) is 0 Å². The lowest BCUT2D eigenvalue weighted by atomic mass is 10.2. The molecule has 100 valence electrons. The topological polar surface area (TPSA) is 50.3 Å². The lowest BCUT2D eigenvalue weighted by Gasteiger charge is -2.34. The van der Waals surface area contributed by atoms with Gasteiger partial charge >= 0.3 is 0 Å². The van der Waals surface area contributed by atoms with E-state index in [2.05, 4.69) is 34.0 Å². The first-order valence-electron chi connectivity index (χ1n) is 6.47. The van der Waals surface area contributed by atoms with Crippen LogP contribution in [-0.2, 0) is 11.3 Å². The predicted molar refractivity (Wildman–Crippen MR) is 71.6 cm³/mol. The third-order valence-corrected chi connectivity index (χ3v) is 3.02. The van der Waals surface area contributed by atoms with E-state index >= 15 is 0 Å². The van der Waals surface area contributed by atoms with Crippen molar-refractivity contribution < 1.29 is 4.74 Å². The van der Waals surface area contributed by atoms with Gasteiger partial charge in [0.25, 0.3) is 0 Å². The van der Waals surface area contributed by atoms with Crippen LogP contribution in [0.5, 0.6) is 0 Å². The van der Waals surface area contributed by atoms with Gasteiger partial charge in [-0.05, 0) is 20.8 Å². The van der Waals surface area contributed by atoms with Crippen LogP contribution in [-0.4, -0.2) is 47.2 Å². The molecule has 0 amide bonds. The Morgan fingerprint density at radius 2 is 2.00 bits per heavy atom. The van der Waals surface area contributed by atoms with Crippen LogP contribution in [0.1, 0.15) is 25.4 Å². The van der Waals surface area contributed by atoms with Crippen molar-refractivity contribution in [2.24, 2.45) is 0 Å². The van der Waals surface area contributed by atoms with Crippen molar-refractivity contribution in [2.45, 2.75) is 39.5 Å². The largest absolute Gasteiger partial charge is 0.373 e. The van der Waals surface area contributed by atoms with E-state index in [1.165, 1.54) is 0 Å². The number of anilines is 1. The maximum absolute atomic E-state index is 5.73. The highest BCUT2D eigenvalue weighted by atomic mass is 16.5. The van der Waals surface area contributed by atoms with Crippen molar-refractivity contribution in [2.75, 3.05) is 25.5 Å². The van der Waals surface area contributed by atoms with Gasteiger partial charge in [0.2, 0.25) is 0 Å². The molecule has 1 aliphatic heterocycles. The van der Waals surface area contributed by atoms with Gasteiger partial charge in [-0.2, -0.15) is 0 Å². The Labute approximate surface area is 109 Å². The average molecular weight is 250 g/mol. The normalized spacial score (nSPS) is 25.1. The highest BCUT2D eigenvalue weighted by Crippen LogP contribution is 2.14. The lowest BCUT2D eigenvalue weighted by Crippen LogP contribution is -2.45. The number of nitrogens with zero attached hydrogens (tertiary/aromatic N) is 3. The van der Waals surface area contributed by atoms with Crippen molar-refractivity contribution in [1.82, 2.24) is 14.9 Å². The van der Waals surface area contributed by atoms with E-state index in [-0.39, 0.29) is 12.2 Å². The van der Waals surface area contributed by atoms with E-state index in [4.69, 9.17) is 4.74 Å². The third-order valence-electron chi connectivity index (χ3n) is 3.02. The predicted octanol–water partition coefficient (Wildman–Crippen LogP) is 1.44. The van der Waals surface area contributed by atoms with Gasteiger partial charge in [0, 0.05) is 31.9 Å². The molecule has 1 aromatic heterocycles. The quantitative estimate of drug-likeness (QED) is 0.879. The SMILES string of the molecule is CNc1cc(C)nc(CN2CC(C)OC(C)C2)n1. The summed E-state index contributed by atoms with van der Waals surface area (Å²) in [6, 6.07) is 1.95. The first-order valence-corrected chi connectivity index (χ1v) is 6.47. The fourth-order valence-electron chi connectivity index (χ4n) is 2.44. The molecule has 1 aliphatic rings. The number of hydrogen-bond donors (Lipinski definition) is 1. The molecule has 1 fully saturated rings. The van der Waals surface area contributed by atoms with E-state index in [9.17, 15) is 0 Å². The van der Waals surface area contributed by atoms with Crippen LogP contribution in [0.15, 0.2) is 6.07 Å². The number of nitrogens with one attached hydrogen (secondary N) is 1. The number of morpholine rings is 1. The molecule has 1 saturated heterocycles. The van der Waals surface area contributed by atoms with Gasteiger partial charge in [0.1, 0.15) is 11.6 Å². The van der Waals surface area contributed by atoms with Crippen LogP contribution in [0.2, 0.25) is 0 Å². The molecule has 1 N–H and O–H groups in total. The molecule has 5 nitrogen and oxygen atoms in total. The van der Waals surface area contributed by atoms with Crippen LogP contribution in [0.4, 0.5) is 5.82 Å². The molecule has 2 rings (SSSR count). The Hall–Kier alpha value is -1.20. The van der Waals surface area contributed by atoms with Crippen molar-refractivity contribution in [1.29, 1.82) is 0 Å². The van der Waals surface area contributed by atoms with Crippen LogP contribution >= 0.6 is 0 Å². The molecular formula is C13H22N4O. The van der Waals surface area contributed by atoms with Gasteiger partial charge in [-0.15, -0.1) is 0 Å². The molecule has 18 heavy (non-hydrogen) atoms. The second-order valence-corrected chi connectivity index (χ2v) is 5.01. The monoisotopic (exact) mass is 250 g/mol. The Balaban J connectivity index is 2.06. The molecule has 2 heterocycles. The number of ether oxygens (including phenoxy) is 1. The van der Waals surface area contributed by atoms with E-state index in [1.807, 2.05) is 20.0 Å². The first kappa shape index (κ1) is 13.2. The molecular weight excluding hydrogens is 228 g/mol. The minimum absolute atomic E-state index is 0.280. The molecule has 2 unspecified atom stereocenters. The fraction of sp³-hybridized carbons (Fsp3) is 0.692. The summed E-state index contributed by atoms with van der Waals surface area (Å²) in [4.78, 5) is 11.3. The molecule has 1 aromatic rings. The highest BCUT2D eigenvalue weighted by molar-refractivity contribution is 5.34. The van der Waals surface area contributed by atoms with Crippen molar-refractivity contribution in [3.05, 3.63) is 17.6 Å². The van der Waals surface area contributed by atoms with E-state index < -0.39 is 0 Å². The summed E-state index contributed by atoms with van der Waals surface area (Å²) >= 11 is 0.